The number of hydrogen-bond acceptors (Lipinski definition) is 6. The summed E-state index contributed by atoms with van der Waals surface area (Å²) in [5, 5.41) is 9.21. The normalized spacial score (nSPS) is 21.1. The van der Waals surface area contributed by atoms with Crippen LogP contribution in [0.25, 0.3) is 0 Å². The summed E-state index contributed by atoms with van der Waals surface area (Å²) < 4.78 is 0. The van der Waals surface area contributed by atoms with Crippen molar-refractivity contribution in [2.45, 2.75) is 49.8 Å². The number of benzene rings is 1. The van der Waals surface area contributed by atoms with Crippen LogP contribution in [-0.2, 0) is 9.59 Å². The summed E-state index contributed by atoms with van der Waals surface area (Å²) in [7, 11) is 3.91. The second-order valence-corrected chi connectivity index (χ2v) is 11.0. The van der Waals surface area contributed by atoms with Crippen molar-refractivity contribution in [3.63, 3.8) is 0 Å². The molecule has 0 bridgehead atoms. The summed E-state index contributed by atoms with van der Waals surface area (Å²) >= 11 is 1.63. The van der Waals surface area contributed by atoms with E-state index in [4.69, 9.17) is 0 Å². The Hall–Kier alpha value is -1.32. The van der Waals surface area contributed by atoms with Crippen molar-refractivity contribution in [1.29, 1.82) is 0 Å². The van der Waals surface area contributed by atoms with Gasteiger partial charge in [-0.15, -0.1) is 0 Å². The van der Waals surface area contributed by atoms with Gasteiger partial charge in [0.25, 0.3) is 5.91 Å². The van der Waals surface area contributed by atoms with Gasteiger partial charge in [-0.1, -0.05) is 28.0 Å². The molecule has 1 aromatic carbocycles. The van der Waals surface area contributed by atoms with Gasteiger partial charge < -0.3 is 16.0 Å². The highest BCUT2D eigenvalue weighted by Crippen LogP contribution is 2.39. The molecule has 1 aromatic rings. The minimum absolute atomic E-state index is 0.0469. The molecule has 2 aliphatic heterocycles. The molecular weight excluding hydrogens is 426 g/mol. The molecule has 6 nitrogen and oxygen atoms in total. The number of thioether (sulfide) groups is 1. The molecule has 0 saturated carbocycles. The summed E-state index contributed by atoms with van der Waals surface area (Å²) in [6, 6.07) is 4.48. The Labute approximate surface area is 183 Å². The third kappa shape index (κ3) is 6.58. The van der Waals surface area contributed by atoms with Crippen molar-refractivity contribution in [3.05, 3.63) is 23.8 Å². The van der Waals surface area contributed by atoms with E-state index in [0.29, 0.717) is 29.8 Å². The van der Waals surface area contributed by atoms with Gasteiger partial charge in [0.15, 0.2) is 0 Å². The lowest BCUT2D eigenvalue weighted by Crippen LogP contribution is -2.41. The Bertz CT molecular complexity index is 754. The molecule has 3 N–H and O–H groups in total. The quantitative estimate of drug-likeness (QED) is 0.385. The number of fused-ring (bicyclic) bond motifs is 1. The predicted molar refractivity (Wildman–Crippen MR) is 125 cm³/mol. The van der Waals surface area contributed by atoms with Crippen molar-refractivity contribution in [1.82, 2.24) is 5.32 Å². The summed E-state index contributed by atoms with van der Waals surface area (Å²) in [5.74, 6) is 1.47. The summed E-state index contributed by atoms with van der Waals surface area (Å²) in [5.41, 5.74) is 1.42. The molecule has 1 fully saturated rings. The number of hydrogen-bond donors (Lipinski definition) is 3. The van der Waals surface area contributed by atoms with Gasteiger partial charge in [-0.05, 0) is 55.9 Å². The first-order valence-corrected chi connectivity index (χ1v) is 13.7. The van der Waals surface area contributed by atoms with E-state index in [1.807, 2.05) is 27.8 Å². The van der Waals surface area contributed by atoms with E-state index in [9.17, 15) is 14.4 Å². The van der Waals surface area contributed by atoms with Crippen molar-refractivity contribution in [2.24, 2.45) is 0 Å². The molecule has 9 heteroatoms. The molecule has 1 saturated heterocycles. The van der Waals surface area contributed by atoms with Crippen LogP contribution in [-0.4, -0.2) is 46.8 Å². The van der Waals surface area contributed by atoms with E-state index in [0.717, 1.165) is 23.8 Å². The first-order valence-electron chi connectivity index (χ1n) is 9.89. The summed E-state index contributed by atoms with van der Waals surface area (Å²) in [6.07, 6.45) is 7.38. The van der Waals surface area contributed by atoms with Gasteiger partial charge in [0.2, 0.25) is 11.8 Å². The van der Waals surface area contributed by atoms with Crippen molar-refractivity contribution >= 4 is 62.4 Å². The Morgan fingerprint density at radius 2 is 2.14 bits per heavy atom. The maximum Gasteiger partial charge on any atom is 0.254 e. The summed E-state index contributed by atoms with van der Waals surface area (Å²) in [4.78, 5) is 37.2. The van der Waals surface area contributed by atoms with Crippen LogP contribution in [0.15, 0.2) is 18.2 Å². The van der Waals surface area contributed by atoms with E-state index < -0.39 is 6.04 Å². The SMILES string of the molecule is CSCC[C@H]1NC(=O)c2cc(NC(=O)CCCC[C@@H]3CCSS3)ccc2NC1=O. The van der Waals surface area contributed by atoms with Crippen LogP contribution < -0.4 is 16.0 Å². The molecule has 0 aliphatic carbocycles. The number of unbranched alkanes of at least 4 members (excludes halogenated alkanes) is 1. The van der Waals surface area contributed by atoms with Crippen LogP contribution >= 0.6 is 33.3 Å². The van der Waals surface area contributed by atoms with Gasteiger partial charge in [-0.3, -0.25) is 14.4 Å². The van der Waals surface area contributed by atoms with Crippen LogP contribution in [0.3, 0.4) is 0 Å². The molecule has 2 heterocycles. The molecule has 0 unspecified atom stereocenters. The number of nitrogens with one attached hydrogen (secondary N) is 3. The van der Waals surface area contributed by atoms with E-state index >= 15 is 0 Å². The third-order valence-electron chi connectivity index (χ3n) is 4.95. The second kappa shape index (κ2) is 11.2. The maximum atomic E-state index is 12.6. The van der Waals surface area contributed by atoms with Crippen molar-refractivity contribution < 1.29 is 14.4 Å². The smallest absolute Gasteiger partial charge is 0.254 e. The number of carbonyl (C=O) groups is 3. The maximum absolute atomic E-state index is 12.6. The van der Waals surface area contributed by atoms with Gasteiger partial charge in [-0.2, -0.15) is 11.8 Å². The van der Waals surface area contributed by atoms with Gasteiger partial charge in [0.1, 0.15) is 6.04 Å². The summed E-state index contributed by atoms with van der Waals surface area (Å²) in [6.45, 7) is 0. The highest BCUT2D eigenvalue weighted by molar-refractivity contribution is 8.77. The lowest BCUT2D eigenvalue weighted by atomic mass is 10.1. The molecule has 0 aromatic heterocycles. The van der Waals surface area contributed by atoms with E-state index in [1.165, 1.54) is 18.6 Å². The van der Waals surface area contributed by atoms with E-state index in [2.05, 4.69) is 16.0 Å². The number of amides is 3. The molecular formula is C20H27N3O3S3. The molecule has 0 radical (unpaired) electrons. The fourth-order valence-electron chi connectivity index (χ4n) is 3.32. The Balaban J connectivity index is 1.52. The van der Waals surface area contributed by atoms with Gasteiger partial charge in [0.05, 0.1) is 11.3 Å². The zero-order valence-corrected chi connectivity index (χ0v) is 18.9. The van der Waals surface area contributed by atoms with Crippen molar-refractivity contribution in [2.75, 3.05) is 28.4 Å². The number of carbonyl (C=O) groups excluding carboxylic acids is 3. The zero-order chi connectivity index (χ0) is 20.6. The standard InChI is InChI=1S/C20H27N3O3S3/c1-27-10-9-17-20(26)22-16-7-6-13(12-15(16)19(25)23-17)21-18(24)5-3-2-4-14-8-11-28-29-14/h6-7,12,14,17H,2-5,8-11H2,1H3,(H,21,24)(H,22,26)(H,23,25)/t14-,17-/m1/s1. The first kappa shape index (κ1) is 22.4. The highest BCUT2D eigenvalue weighted by atomic mass is 33.1. The van der Waals surface area contributed by atoms with Gasteiger partial charge in [-0.25, -0.2) is 0 Å². The fourth-order valence-corrected chi connectivity index (χ4v) is 6.82. The van der Waals surface area contributed by atoms with Crippen LogP contribution in [0, 0.1) is 0 Å². The highest BCUT2D eigenvalue weighted by Gasteiger charge is 2.27. The average molecular weight is 454 g/mol. The van der Waals surface area contributed by atoms with E-state index in [-0.39, 0.29) is 17.7 Å². The van der Waals surface area contributed by atoms with Crippen LogP contribution in [0.4, 0.5) is 11.4 Å². The number of anilines is 2. The average Bonchev–Trinajstić information content (AvgIpc) is 3.19. The van der Waals surface area contributed by atoms with Crippen molar-refractivity contribution in [3.8, 4) is 0 Å². The minimum atomic E-state index is -0.545. The Kier molecular flexibility index (Phi) is 8.62. The largest absolute Gasteiger partial charge is 0.340 e. The fraction of sp³-hybridized carbons (Fsp3) is 0.550. The first-order chi connectivity index (χ1) is 14.1. The minimum Gasteiger partial charge on any atom is -0.340 e. The van der Waals surface area contributed by atoms with Crippen LogP contribution in [0.5, 0.6) is 0 Å². The lowest BCUT2D eigenvalue weighted by Gasteiger charge is -2.13. The molecule has 2 atom stereocenters. The lowest BCUT2D eigenvalue weighted by molar-refractivity contribution is -0.118. The molecule has 2 aliphatic rings. The topological polar surface area (TPSA) is 87.3 Å². The van der Waals surface area contributed by atoms with Crippen LogP contribution in [0.1, 0.15) is 48.9 Å². The molecule has 3 amide bonds. The number of rotatable bonds is 9. The monoisotopic (exact) mass is 453 g/mol. The van der Waals surface area contributed by atoms with Gasteiger partial charge >= 0.3 is 0 Å². The molecule has 29 heavy (non-hydrogen) atoms. The molecule has 158 valence electrons. The van der Waals surface area contributed by atoms with E-state index in [1.54, 1.807) is 30.0 Å². The van der Waals surface area contributed by atoms with Crippen LogP contribution in [0.2, 0.25) is 0 Å². The Morgan fingerprint density at radius 1 is 1.28 bits per heavy atom. The molecule has 0 spiro atoms. The zero-order valence-electron chi connectivity index (χ0n) is 16.5. The Morgan fingerprint density at radius 3 is 2.90 bits per heavy atom. The van der Waals surface area contributed by atoms with Gasteiger partial charge in [0, 0.05) is 23.1 Å². The predicted octanol–water partition coefficient (Wildman–Crippen LogP) is 4.14. The molecule has 3 rings (SSSR count). The third-order valence-corrected chi connectivity index (χ3v) is 8.60. The second-order valence-electron chi connectivity index (χ2n) is 7.18.